The van der Waals surface area contributed by atoms with E-state index >= 15 is 0 Å². The van der Waals surface area contributed by atoms with E-state index in [2.05, 4.69) is 10.1 Å². The Kier molecular flexibility index (Phi) is 6.85. The summed E-state index contributed by atoms with van der Waals surface area (Å²) in [5, 5.41) is 13.9. The van der Waals surface area contributed by atoms with Crippen molar-refractivity contribution in [3.8, 4) is 17.2 Å². The predicted octanol–water partition coefficient (Wildman–Crippen LogP) is 1.84. The smallest absolute Gasteiger partial charge is 0.254 e. The largest absolute Gasteiger partial charge is 0.473 e. The van der Waals surface area contributed by atoms with E-state index in [0.29, 0.717) is 18.2 Å². The monoisotopic (exact) mass is 340 g/mol. The second kappa shape index (κ2) is 8.88. The molecular weight excluding hydrogens is 320 g/mol. The van der Waals surface area contributed by atoms with Crippen LogP contribution >= 0.6 is 12.4 Å². The quantitative estimate of drug-likeness (QED) is 0.865. The highest BCUT2D eigenvalue weighted by molar-refractivity contribution is 5.85. The average molecular weight is 341 g/mol. The highest BCUT2D eigenvalue weighted by atomic mass is 35.5. The lowest BCUT2D eigenvalue weighted by atomic mass is 10.2. The van der Waals surface area contributed by atoms with Gasteiger partial charge >= 0.3 is 0 Å². The van der Waals surface area contributed by atoms with Gasteiger partial charge in [0.25, 0.3) is 5.88 Å². The zero-order valence-electron chi connectivity index (χ0n) is 12.8. The first kappa shape index (κ1) is 17.7. The molecule has 23 heavy (non-hydrogen) atoms. The molecule has 1 atom stereocenters. The van der Waals surface area contributed by atoms with Gasteiger partial charge in [-0.15, -0.1) is 12.4 Å². The van der Waals surface area contributed by atoms with Crippen LogP contribution in [0.2, 0.25) is 0 Å². The molecule has 3 rings (SSSR count). The van der Waals surface area contributed by atoms with E-state index in [-0.39, 0.29) is 19.0 Å². The predicted molar refractivity (Wildman–Crippen MR) is 87.9 cm³/mol. The van der Waals surface area contributed by atoms with Crippen LogP contribution < -0.4 is 4.74 Å². The number of halogens is 1. The van der Waals surface area contributed by atoms with Crippen molar-refractivity contribution in [2.45, 2.75) is 6.10 Å². The summed E-state index contributed by atoms with van der Waals surface area (Å²) in [6, 6.07) is 11.4. The van der Waals surface area contributed by atoms with Crippen LogP contribution in [-0.2, 0) is 4.74 Å². The van der Waals surface area contributed by atoms with Crippen LogP contribution in [0.4, 0.5) is 0 Å². The summed E-state index contributed by atoms with van der Waals surface area (Å²) in [6.45, 7) is 3.90. The molecule has 6 nitrogen and oxygen atoms in total. The molecule has 7 heteroatoms. The van der Waals surface area contributed by atoms with Gasteiger partial charge in [-0.05, 0) is 5.16 Å². The number of aliphatic hydroxyl groups excluding tert-OH is 1. The van der Waals surface area contributed by atoms with E-state index < -0.39 is 6.10 Å². The van der Waals surface area contributed by atoms with Crippen molar-refractivity contribution in [1.82, 2.24) is 10.1 Å². The maximum atomic E-state index is 10.0. The van der Waals surface area contributed by atoms with E-state index in [1.807, 2.05) is 30.3 Å². The summed E-state index contributed by atoms with van der Waals surface area (Å²) in [6.07, 6.45) is -0.560. The summed E-state index contributed by atoms with van der Waals surface area (Å²) in [5.41, 5.74) is 0.943. The van der Waals surface area contributed by atoms with Crippen molar-refractivity contribution >= 4 is 12.4 Å². The second-order valence-electron chi connectivity index (χ2n) is 5.27. The molecule has 0 bridgehead atoms. The summed E-state index contributed by atoms with van der Waals surface area (Å²) < 4.78 is 16.0. The minimum Gasteiger partial charge on any atom is -0.473 e. The highest BCUT2D eigenvalue weighted by Gasteiger charge is 2.16. The Morgan fingerprint density at radius 3 is 2.70 bits per heavy atom. The number of benzene rings is 1. The molecule has 2 aromatic rings. The summed E-state index contributed by atoms with van der Waals surface area (Å²) in [7, 11) is 0. The van der Waals surface area contributed by atoms with Crippen molar-refractivity contribution in [3.05, 3.63) is 36.4 Å². The molecule has 1 aromatic heterocycles. The third kappa shape index (κ3) is 5.21. The molecule has 1 saturated heterocycles. The highest BCUT2D eigenvalue weighted by Crippen LogP contribution is 2.23. The van der Waals surface area contributed by atoms with Gasteiger partial charge in [-0.1, -0.05) is 30.3 Å². The molecule has 0 amide bonds. The molecule has 1 fully saturated rings. The van der Waals surface area contributed by atoms with E-state index in [1.54, 1.807) is 6.07 Å². The van der Waals surface area contributed by atoms with Gasteiger partial charge in [-0.3, -0.25) is 4.90 Å². The molecule has 0 spiro atoms. The third-order valence-electron chi connectivity index (χ3n) is 3.54. The van der Waals surface area contributed by atoms with E-state index in [0.717, 1.165) is 31.9 Å². The van der Waals surface area contributed by atoms with Gasteiger partial charge in [0.2, 0.25) is 0 Å². The normalized spacial score (nSPS) is 16.6. The van der Waals surface area contributed by atoms with E-state index in [1.165, 1.54) is 0 Å². The van der Waals surface area contributed by atoms with Crippen LogP contribution in [0, 0.1) is 0 Å². The first-order valence-electron chi connectivity index (χ1n) is 7.44. The van der Waals surface area contributed by atoms with Gasteiger partial charge in [-0.2, -0.15) is 0 Å². The van der Waals surface area contributed by atoms with E-state index in [9.17, 15) is 5.11 Å². The molecule has 1 unspecified atom stereocenters. The number of morpholine rings is 1. The summed E-state index contributed by atoms with van der Waals surface area (Å²) >= 11 is 0. The number of hydrogen-bond acceptors (Lipinski definition) is 6. The Morgan fingerprint density at radius 1 is 1.22 bits per heavy atom. The Bertz CT molecular complexity index is 572. The number of aromatic nitrogens is 1. The Balaban J connectivity index is 0.00000192. The minimum atomic E-state index is -0.560. The van der Waals surface area contributed by atoms with Crippen molar-refractivity contribution in [2.75, 3.05) is 39.5 Å². The van der Waals surface area contributed by atoms with Crippen LogP contribution in [0.25, 0.3) is 11.3 Å². The van der Waals surface area contributed by atoms with Crippen molar-refractivity contribution < 1.29 is 19.1 Å². The van der Waals surface area contributed by atoms with Gasteiger partial charge < -0.3 is 19.1 Å². The fraction of sp³-hybridized carbons (Fsp3) is 0.438. The van der Waals surface area contributed by atoms with Gasteiger partial charge in [0.15, 0.2) is 5.76 Å². The van der Waals surface area contributed by atoms with Crippen molar-refractivity contribution in [3.63, 3.8) is 0 Å². The molecule has 1 aliphatic rings. The molecule has 0 radical (unpaired) electrons. The van der Waals surface area contributed by atoms with Crippen LogP contribution in [-0.4, -0.2) is 60.7 Å². The molecule has 1 aromatic carbocycles. The zero-order chi connectivity index (χ0) is 15.2. The average Bonchev–Trinajstić information content (AvgIpc) is 3.04. The molecule has 126 valence electrons. The van der Waals surface area contributed by atoms with Crippen LogP contribution in [0.5, 0.6) is 5.88 Å². The molecule has 2 heterocycles. The Hall–Kier alpha value is -1.60. The molecule has 0 aliphatic carbocycles. The SMILES string of the molecule is Cl.OC(COc1cc(-c2ccccc2)on1)CN1CCOCC1. The lowest BCUT2D eigenvalue weighted by Gasteiger charge is -2.28. The van der Waals surface area contributed by atoms with Crippen LogP contribution in [0.3, 0.4) is 0 Å². The third-order valence-corrected chi connectivity index (χ3v) is 3.54. The number of ether oxygens (including phenoxy) is 2. The number of rotatable bonds is 6. The number of aliphatic hydroxyl groups is 1. The van der Waals surface area contributed by atoms with E-state index in [4.69, 9.17) is 14.0 Å². The van der Waals surface area contributed by atoms with Gasteiger partial charge in [0.1, 0.15) is 12.7 Å². The summed E-state index contributed by atoms with van der Waals surface area (Å²) in [4.78, 5) is 2.16. The Morgan fingerprint density at radius 2 is 1.96 bits per heavy atom. The molecule has 1 N–H and O–H groups in total. The number of hydrogen-bond donors (Lipinski definition) is 1. The lowest BCUT2D eigenvalue weighted by molar-refractivity contribution is 0.00396. The number of β-amino-alcohol motifs (C(OH)–C–C–N with tert-alkyl or cyclic N) is 1. The fourth-order valence-corrected chi connectivity index (χ4v) is 2.38. The molecular formula is C16H21ClN2O4. The van der Waals surface area contributed by atoms with Crippen LogP contribution in [0.15, 0.2) is 40.9 Å². The Labute approximate surface area is 141 Å². The van der Waals surface area contributed by atoms with Crippen molar-refractivity contribution in [2.24, 2.45) is 0 Å². The molecule has 1 aliphatic heterocycles. The standard InChI is InChI=1S/C16H20N2O4.ClH/c19-14(11-18-6-8-20-9-7-18)12-21-16-10-15(22-17-16)13-4-2-1-3-5-13;/h1-5,10,14,19H,6-9,11-12H2;1H. The number of nitrogens with zero attached hydrogens (tertiary/aromatic N) is 2. The summed E-state index contributed by atoms with van der Waals surface area (Å²) in [5.74, 6) is 1.04. The minimum absolute atomic E-state index is 0. The first-order valence-corrected chi connectivity index (χ1v) is 7.44. The maximum absolute atomic E-state index is 10.0. The molecule has 0 saturated carbocycles. The topological polar surface area (TPSA) is 68.0 Å². The van der Waals surface area contributed by atoms with Gasteiger partial charge in [0, 0.05) is 31.3 Å². The van der Waals surface area contributed by atoms with Gasteiger partial charge in [0.05, 0.1) is 13.2 Å². The lowest BCUT2D eigenvalue weighted by Crippen LogP contribution is -2.42. The first-order chi connectivity index (χ1) is 10.8. The van der Waals surface area contributed by atoms with Crippen LogP contribution in [0.1, 0.15) is 0 Å². The second-order valence-corrected chi connectivity index (χ2v) is 5.27. The maximum Gasteiger partial charge on any atom is 0.254 e. The fourth-order valence-electron chi connectivity index (χ4n) is 2.38. The zero-order valence-corrected chi connectivity index (χ0v) is 13.6. The van der Waals surface area contributed by atoms with Gasteiger partial charge in [-0.25, -0.2) is 0 Å². The van der Waals surface area contributed by atoms with Crippen molar-refractivity contribution in [1.29, 1.82) is 0 Å².